The molecule has 0 bridgehead atoms. The second kappa shape index (κ2) is 8.38. The largest absolute Gasteiger partial charge is 0.506 e. The Morgan fingerprint density at radius 3 is 2.50 bits per heavy atom. The predicted molar refractivity (Wildman–Crippen MR) is 96.3 cm³/mol. The summed E-state index contributed by atoms with van der Waals surface area (Å²) in [6, 6.07) is 7.45. The number of benzene rings is 1. The molecule has 1 amide bonds. The van der Waals surface area contributed by atoms with Gasteiger partial charge in [0.1, 0.15) is 5.75 Å². The first-order valence-corrected chi connectivity index (χ1v) is 9.24. The number of hydrogen-bond acceptors (Lipinski definition) is 4. The van der Waals surface area contributed by atoms with Crippen molar-refractivity contribution in [1.82, 2.24) is 10.2 Å². The lowest BCUT2D eigenvalue weighted by molar-refractivity contribution is -0.122. The average Bonchev–Trinajstić information content (AvgIpc) is 2.62. The van der Waals surface area contributed by atoms with Crippen molar-refractivity contribution < 1.29 is 9.90 Å². The summed E-state index contributed by atoms with van der Waals surface area (Å²) >= 11 is 0. The lowest BCUT2D eigenvalue weighted by Crippen LogP contribution is -2.49. The smallest absolute Gasteiger partial charge is 0.234 e. The second-order valence-corrected chi connectivity index (χ2v) is 7.06. The monoisotopic (exact) mass is 331 g/mol. The van der Waals surface area contributed by atoms with Gasteiger partial charge in [-0.2, -0.15) is 0 Å². The topological polar surface area (TPSA) is 55.8 Å². The molecule has 24 heavy (non-hydrogen) atoms. The summed E-state index contributed by atoms with van der Waals surface area (Å²) < 4.78 is 0. The number of piperazine rings is 1. The highest BCUT2D eigenvalue weighted by atomic mass is 16.3. The predicted octanol–water partition coefficient (Wildman–Crippen LogP) is 2.21. The number of anilines is 1. The van der Waals surface area contributed by atoms with Crippen molar-refractivity contribution in [2.45, 2.75) is 32.1 Å². The number of rotatable bonds is 5. The van der Waals surface area contributed by atoms with E-state index < -0.39 is 0 Å². The summed E-state index contributed by atoms with van der Waals surface area (Å²) in [5.41, 5.74) is 0.888. The second-order valence-electron chi connectivity index (χ2n) is 7.06. The van der Waals surface area contributed by atoms with E-state index in [-0.39, 0.29) is 5.91 Å². The Morgan fingerprint density at radius 1 is 1.08 bits per heavy atom. The van der Waals surface area contributed by atoms with Gasteiger partial charge in [-0.05, 0) is 30.9 Å². The van der Waals surface area contributed by atoms with Crippen LogP contribution >= 0.6 is 0 Å². The maximum absolute atomic E-state index is 12.2. The van der Waals surface area contributed by atoms with Gasteiger partial charge in [0.15, 0.2) is 0 Å². The third-order valence-electron chi connectivity index (χ3n) is 5.27. The molecule has 1 saturated carbocycles. The molecule has 0 unspecified atom stereocenters. The zero-order valence-corrected chi connectivity index (χ0v) is 14.4. The van der Waals surface area contributed by atoms with Gasteiger partial charge in [-0.15, -0.1) is 0 Å². The van der Waals surface area contributed by atoms with Gasteiger partial charge >= 0.3 is 0 Å². The van der Waals surface area contributed by atoms with Gasteiger partial charge in [0.2, 0.25) is 5.91 Å². The van der Waals surface area contributed by atoms with Crippen LogP contribution in [-0.2, 0) is 4.79 Å². The molecule has 1 heterocycles. The molecule has 132 valence electrons. The number of nitrogens with zero attached hydrogens (tertiary/aromatic N) is 2. The third kappa shape index (κ3) is 4.63. The number of phenolic OH excluding ortho intramolecular Hbond substituents is 1. The molecule has 0 atom stereocenters. The van der Waals surface area contributed by atoms with Crippen LogP contribution in [-0.4, -0.2) is 55.2 Å². The number of aromatic hydroxyl groups is 1. The Hall–Kier alpha value is -1.75. The Balaban J connectivity index is 1.38. The zero-order valence-electron chi connectivity index (χ0n) is 14.4. The molecule has 0 radical (unpaired) electrons. The molecule has 2 aliphatic rings. The molecule has 5 nitrogen and oxygen atoms in total. The maximum Gasteiger partial charge on any atom is 0.234 e. The standard InChI is InChI=1S/C19H29N3O2/c23-18-9-5-4-8-17(18)22-12-10-21(11-13-22)15-19(24)20-14-16-6-2-1-3-7-16/h4-5,8-9,16,23H,1-3,6-7,10-15H2,(H,20,24). The Bertz CT molecular complexity index is 535. The van der Waals surface area contributed by atoms with Gasteiger partial charge in [0, 0.05) is 32.7 Å². The molecule has 5 heteroatoms. The molecule has 1 aliphatic heterocycles. The van der Waals surface area contributed by atoms with Crippen LogP contribution in [0, 0.1) is 5.92 Å². The van der Waals surface area contributed by atoms with Gasteiger partial charge < -0.3 is 15.3 Å². The SMILES string of the molecule is O=C(CN1CCN(c2ccccc2O)CC1)NCC1CCCCC1. The van der Waals surface area contributed by atoms with Crippen molar-refractivity contribution in [3.63, 3.8) is 0 Å². The third-order valence-corrected chi connectivity index (χ3v) is 5.27. The van der Waals surface area contributed by atoms with Crippen LogP contribution in [0.3, 0.4) is 0 Å². The number of carbonyl (C=O) groups excluding carboxylic acids is 1. The first-order chi connectivity index (χ1) is 11.7. The van der Waals surface area contributed by atoms with Gasteiger partial charge in [0.05, 0.1) is 12.2 Å². The van der Waals surface area contributed by atoms with Crippen LogP contribution in [0.4, 0.5) is 5.69 Å². The molecule has 1 aromatic carbocycles. The molecular formula is C19H29N3O2. The van der Waals surface area contributed by atoms with Crippen LogP contribution in [0.2, 0.25) is 0 Å². The molecular weight excluding hydrogens is 302 g/mol. The van der Waals surface area contributed by atoms with E-state index >= 15 is 0 Å². The van der Waals surface area contributed by atoms with E-state index in [1.54, 1.807) is 6.07 Å². The van der Waals surface area contributed by atoms with Crippen LogP contribution in [0.15, 0.2) is 24.3 Å². The molecule has 0 aromatic heterocycles. The maximum atomic E-state index is 12.2. The average molecular weight is 331 g/mol. The van der Waals surface area contributed by atoms with E-state index in [1.807, 2.05) is 18.2 Å². The van der Waals surface area contributed by atoms with Gasteiger partial charge in [-0.3, -0.25) is 9.69 Å². The molecule has 0 spiro atoms. The summed E-state index contributed by atoms with van der Waals surface area (Å²) in [7, 11) is 0. The molecule has 1 saturated heterocycles. The number of amides is 1. The first kappa shape index (κ1) is 17.1. The van der Waals surface area contributed by atoms with Crippen molar-refractivity contribution in [2.24, 2.45) is 5.92 Å². The van der Waals surface area contributed by atoms with E-state index in [0.29, 0.717) is 18.2 Å². The summed E-state index contributed by atoms with van der Waals surface area (Å²) in [6.45, 7) is 4.72. The van der Waals surface area contributed by atoms with Crippen molar-refractivity contribution >= 4 is 11.6 Å². The van der Waals surface area contributed by atoms with Crippen molar-refractivity contribution in [2.75, 3.05) is 44.2 Å². The highest BCUT2D eigenvalue weighted by molar-refractivity contribution is 5.78. The minimum absolute atomic E-state index is 0.150. The van der Waals surface area contributed by atoms with E-state index in [2.05, 4.69) is 15.1 Å². The van der Waals surface area contributed by atoms with E-state index in [4.69, 9.17) is 0 Å². The van der Waals surface area contributed by atoms with Gasteiger partial charge in [-0.25, -0.2) is 0 Å². The Kier molecular flexibility index (Phi) is 5.96. The zero-order chi connectivity index (χ0) is 16.8. The lowest BCUT2D eigenvalue weighted by atomic mass is 9.89. The lowest BCUT2D eigenvalue weighted by Gasteiger charge is -2.36. The normalized spacial score (nSPS) is 20.1. The highest BCUT2D eigenvalue weighted by Gasteiger charge is 2.21. The van der Waals surface area contributed by atoms with Crippen LogP contribution < -0.4 is 10.2 Å². The summed E-state index contributed by atoms with van der Waals surface area (Å²) in [4.78, 5) is 16.5. The van der Waals surface area contributed by atoms with Crippen molar-refractivity contribution in [3.05, 3.63) is 24.3 Å². The van der Waals surface area contributed by atoms with Crippen LogP contribution in [0.5, 0.6) is 5.75 Å². The fraction of sp³-hybridized carbons (Fsp3) is 0.632. The minimum Gasteiger partial charge on any atom is -0.506 e. The molecule has 2 N–H and O–H groups in total. The number of carbonyl (C=O) groups is 1. The highest BCUT2D eigenvalue weighted by Crippen LogP contribution is 2.27. The summed E-state index contributed by atoms with van der Waals surface area (Å²) in [6.07, 6.45) is 6.51. The van der Waals surface area contributed by atoms with Crippen LogP contribution in [0.25, 0.3) is 0 Å². The molecule has 3 rings (SSSR count). The number of hydrogen-bond donors (Lipinski definition) is 2. The van der Waals surface area contributed by atoms with Crippen molar-refractivity contribution in [1.29, 1.82) is 0 Å². The van der Waals surface area contributed by atoms with Gasteiger partial charge in [-0.1, -0.05) is 31.4 Å². The van der Waals surface area contributed by atoms with Crippen LogP contribution in [0.1, 0.15) is 32.1 Å². The summed E-state index contributed by atoms with van der Waals surface area (Å²) in [5.74, 6) is 1.16. The summed E-state index contributed by atoms with van der Waals surface area (Å²) in [5, 5.41) is 13.1. The van der Waals surface area contributed by atoms with E-state index in [0.717, 1.165) is 38.4 Å². The minimum atomic E-state index is 0.150. The molecule has 2 fully saturated rings. The molecule has 1 aromatic rings. The number of phenols is 1. The number of para-hydroxylation sites is 2. The Labute approximate surface area is 144 Å². The number of nitrogens with one attached hydrogen (secondary N) is 1. The van der Waals surface area contributed by atoms with E-state index in [9.17, 15) is 9.90 Å². The Morgan fingerprint density at radius 2 is 1.79 bits per heavy atom. The van der Waals surface area contributed by atoms with Crippen molar-refractivity contribution in [3.8, 4) is 5.75 Å². The molecule has 1 aliphatic carbocycles. The quantitative estimate of drug-likeness (QED) is 0.869. The first-order valence-electron chi connectivity index (χ1n) is 9.24. The fourth-order valence-corrected chi connectivity index (χ4v) is 3.79. The van der Waals surface area contributed by atoms with Gasteiger partial charge in [0.25, 0.3) is 0 Å². The van der Waals surface area contributed by atoms with E-state index in [1.165, 1.54) is 32.1 Å². The fourth-order valence-electron chi connectivity index (χ4n) is 3.79.